The summed E-state index contributed by atoms with van der Waals surface area (Å²) in [5.41, 5.74) is 0.813. The Labute approximate surface area is 172 Å². The maximum absolute atomic E-state index is 13.3. The molecule has 29 heavy (non-hydrogen) atoms. The summed E-state index contributed by atoms with van der Waals surface area (Å²) in [6.45, 7) is 1.47. The zero-order valence-electron chi connectivity index (χ0n) is 16.0. The van der Waals surface area contributed by atoms with Crippen molar-refractivity contribution in [2.75, 3.05) is 6.54 Å². The van der Waals surface area contributed by atoms with Crippen LogP contribution in [0.1, 0.15) is 45.4 Å². The van der Waals surface area contributed by atoms with E-state index in [9.17, 15) is 19.2 Å². The fourth-order valence-electron chi connectivity index (χ4n) is 4.01. The van der Waals surface area contributed by atoms with Crippen LogP contribution in [0.15, 0.2) is 36.4 Å². The number of hydrogen-bond acceptors (Lipinski definition) is 5. The van der Waals surface area contributed by atoms with Gasteiger partial charge in [-0.25, -0.2) is 4.79 Å². The van der Waals surface area contributed by atoms with Gasteiger partial charge in [-0.1, -0.05) is 24.3 Å². The SMILES string of the molecule is CC(=O)NCc1ccc(C(=O)CN2C(=O)N[C@]3(CCCc4ccccc43)C2=O)s1. The second-order valence-electron chi connectivity index (χ2n) is 7.34. The molecule has 2 aromatic rings. The molecule has 8 heteroatoms. The molecular formula is C21H21N3O4S. The number of carbonyl (C=O) groups is 4. The highest BCUT2D eigenvalue weighted by Crippen LogP contribution is 2.39. The van der Waals surface area contributed by atoms with Gasteiger partial charge >= 0.3 is 6.03 Å². The number of Topliss-reactive ketones (excluding diaryl/α,β-unsaturated/α-hetero) is 1. The van der Waals surface area contributed by atoms with Gasteiger partial charge in [-0.2, -0.15) is 0 Å². The summed E-state index contributed by atoms with van der Waals surface area (Å²) in [6, 6.07) is 10.5. The summed E-state index contributed by atoms with van der Waals surface area (Å²) in [7, 11) is 0. The number of imide groups is 1. The Morgan fingerprint density at radius 3 is 2.79 bits per heavy atom. The zero-order valence-corrected chi connectivity index (χ0v) is 16.8. The molecule has 1 atom stereocenters. The van der Waals surface area contributed by atoms with E-state index >= 15 is 0 Å². The van der Waals surface area contributed by atoms with Crippen LogP contribution in [0.25, 0.3) is 0 Å². The first-order valence-corrected chi connectivity index (χ1v) is 10.3. The van der Waals surface area contributed by atoms with Gasteiger partial charge in [-0.05, 0) is 42.5 Å². The number of ketones is 1. The summed E-state index contributed by atoms with van der Waals surface area (Å²) in [6.07, 6.45) is 2.19. The molecule has 1 aliphatic heterocycles. The van der Waals surface area contributed by atoms with Crippen molar-refractivity contribution in [2.45, 2.75) is 38.3 Å². The van der Waals surface area contributed by atoms with E-state index in [0.717, 1.165) is 33.7 Å². The second kappa shape index (κ2) is 7.44. The molecule has 2 N–H and O–H groups in total. The third kappa shape index (κ3) is 3.44. The number of amides is 4. The molecule has 4 rings (SSSR count). The summed E-state index contributed by atoms with van der Waals surface area (Å²) in [5, 5.41) is 5.54. The lowest BCUT2D eigenvalue weighted by atomic mass is 9.76. The van der Waals surface area contributed by atoms with Crippen LogP contribution in [0.5, 0.6) is 0 Å². The van der Waals surface area contributed by atoms with Crippen molar-refractivity contribution >= 4 is 35.0 Å². The molecule has 1 spiro atoms. The van der Waals surface area contributed by atoms with Crippen LogP contribution >= 0.6 is 11.3 Å². The normalized spacial score (nSPS) is 20.5. The van der Waals surface area contributed by atoms with Gasteiger partial charge in [0.05, 0.1) is 18.0 Å². The summed E-state index contributed by atoms with van der Waals surface area (Å²) in [4.78, 5) is 51.9. The first kappa shape index (κ1) is 19.3. The number of carbonyl (C=O) groups excluding carboxylic acids is 4. The van der Waals surface area contributed by atoms with E-state index in [2.05, 4.69) is 10.6 Å². The Hall–Kier alpha value is -3.00. The Balaban J connectivity index is 1.52. The number of nitrogens with zero attached hydrogens (tertiary/aromatic N) is 1. The predicted molar refractivity (Wildman–Crippen MR) is 107 cm³/mol. The molecule has 2 aliphatic rings. The number of fused-ring (bicyclic) bond motifs is 2. The van der Waals surface area contributed by atoms with E-state index in [0.29, 0.717) is 17.8 Å². The molecule has 1 aliphatic carbocycles. The minimum absolute atomic E-state index is 0.149. The van der Waals surface area contributed by atoms with Gasteiger partial charge in [0.25, 0.3) is 5.91 Å². The standard InChI is InChI=1S/C21H21N3O4S/c1-13(25)22-11-15-8-9-18(29-15)17(26)12-24-19(27)21(23-20(24)28)10-4-6-14-5-2-3-7-16(14)21/h2-3,5,7-9H,4,6,10-12H2,1H3,(H,22,25)(H,23,28)/t21-/m0/s1. The van der Waals surface area contributed by atoms with Gasteiger partial charge in [0.2, 0.25) is 5.91 Å². The number of aryl methyl sites for hydroxylation is 1. The number of nitrogens with one attached hydrogen (secondary N) is 2. The highest BCUT2D eigenvalue weighted by Gasteiger charge is 2.54. The Bertz CT molecular complexity index is 1010. The van der Waals surface area contributed by atoms with E-state index in [-0.39, 0.29) is 24.1 Å². The number of rotatable bonds is 5. The predicted octanol–water partition coefficient (Wildman–Crippen LogP) is 2.35. The summed E-state index contributed by atoms with van der Waals surface area (Å²) in [5.74, 6) is -0.810. The van der Waals surface area contributed by atoms with Crippen LogP contribution in [0, 0.1) is 0 Å². The van der Waals surface area contributed by atoms with E-state index in [1.54, 1.807) is 12.1 Å². The van der Waals surface area contributed by atoms with Crippen LogP contribution in [-0.2, 0) is 28.1 Å². The van der Waals surface area contributed by atoms with Crippen molar-refractivity contribution in [3.63, 3.8) is 0 Å². The van der Waals surface area contributed by atoms with Crippen molar-refractivity contribution in [3.8, 4) is 0 Å². The number of urea groups is 1. The van der Waals surface area contributed by atoms with Crippen LogP contribution in [0.2, 0.25) is 0 Å². The van der Waals surface area contributed by atoms with E-state index < -0.39 is 11.6 Å². The molecule has 1 aromatic carbocycles. The van der Waals surface area contributed by atoms with Crippen molar-refractivity contribution in [2.24, 2.45) is 0 Å². The highest BCUT2D eigenvalue weighted by molar-refractivity contribution is 7.14. The van der Waals surface area contributed by atoms with E-state index in [1.807, 2.05) is 24.3 Å². The molecule has 0 radical (unpaired) electrons. The molecule has 1 fully saturated rings. The fraction of sp³-hybridized carbons (Fsp3) is 0.333. The highest BCUT2D eigenvalue weighted by atomic mass is 32.1. The quantitative estimate of drug-likeness (QED) is 0.583. The lowest BCUT2D eigenvalue weighted by molar-refractivity contribution is -0.131. The zero-order chi connectivity index (χ0) is 20.6. The minimum atomic E-state index is -1.07. The molecule has 0 saturated carbocycles. The summed E-state index contributed by atoms with van der Waals surface area (Å²) < 4.78 is 0. The lowest BCUT2D eigenvalue weighted by Crippen LogP contribution is -2.46. The van der Waals surface area contributed by atoms with Crippen LogP contribution in [-0.4, -0.2) is 35.1 Å². The molecule has 0 unspecified atom stereocenters. The average molecular weight is 411 g/mol. The van der Waals surface area contributed by atoms with Crippen LogP contribution in [0.4, 0.5) is 4.79 Å². The van der Waals surface area contributed by atoms with Gasteiger partial charge in [0.15, 0.2) is 5.78 Å². The Morgan fingerprint density at radius 2 is 2.00 bits per heavy atom. The third-order valence-electron chi connectivity index (χ3n) is 5.40. The first-order valence-electron chi connectivity index (χ1n) is 9.49. The van der Waals surface area contributed by atoms with E-state index in [1.165, 1.54) is 18.3 Å². The Morgan fingerprint density at radius 1 is 1.21 bits per heavy atom. The second-order valence-corrected chi connectivity index (χ2v) is 8.50. The molecule has 150 valence electrons. The topological polar surface area (TPSA) is 95.6 Å². The first-order chi connectivity index (χ1) is 13.9. The van der Waals surface area contributed by atoms with Gasteiger partial charge in [-0.3, -0.25) is 19.3 Å². The number of hydrogen-bond donors (Lipinski definition) is 2. The molecule has 1 aromatic heterocycles. The molecule has 1 saturated heterocycles. The average Bonchev–Trinajstić information content (AvgIpc) is 3.26. The minimum Gasteiger partial charge on any atom is -0.351 e. The van der Waals surface area contributed by atoms with Crippen molar-refractivity contribution in [1.82, 2.24) is 15.5 Å². The third-order valence-corrected chi connectivity index (χ3v) is 6.53. The largest absolute Gasteiger partial charge is 0.351 e. The van der Waals surface area contributed by atoms with Gasteiger partial charge < -0.3 is 10.6 Å². The van der Waals surface area contributed by atoms with Crippen molar-refractivity contribution in [1.29, 1.82) is 0 Å². The van der Waals surface area contributed by atoms with Crippen LogP contribution < -0.4 is 10.6 Å². The van der Waals surface area contributed by atoms with E-state index in [4.69, 9.17) is 0 Å². The molecule has 7 nitrogen and oxygen atoms in total. The Kier molecular flexibility index (Phi) is 4.96. The molecular weight excluding hydrogens is 390 g/mol. The van der Waals surface area contributed by atoms with Gasteiger partial charge in [0.1, 0.15) is 5.54 Å². The lowest BCUT2D eigenvalue weighted by Gasteiger charge is -2.33. The number of benzene rings is 1. The molecule has 0 bridgehead atoms. The van der Waals surface area contributed by atoms with Crippen LogP contribution in [0.3, 0.4) is 0 Å². The molecule has 4 amide bonds. The fourth-order valence-corrected chi connectivity index (χ4v) is 4.89. The maximum atomic E-state index is 13.3. The smallest absolute Gasteiger partial charge is 0.325 e. The van der Waals surface area contributed by atoms with Gasteiger partial charge in [0, 0.05) is 11.8 Å². The van der Waals surface area contributed by atoms with Crippen molar-refractivity contribution < 1.29 is 19.2 Å². The molecule has 2 heterocycles. The maximum Gasteiger partial charge on any atom is 0.325 e. The van der Waals surface area contributed by atoms with Gasteiger partial charge in [-0.15, -0.1) is 11.3 Å². The number of thiophene rings is 1. The summed E-state index contributed by atoms with van der Waals surface area (Å²) >= 11 is 1.25. The van der Waals surface area contributed by atoms with Crippen molar-refractivity contribution in [3.05, 3.63) is 57.3 Å². The monoisotopic (exact) mass is 411 g/mol.